The van der Waals surface area contributed by atoms with Gasteiger partial charge >= 0.3 is 0 Å². The van der Waals surface area contributed by atoms with Crippen molar-refractivity contribution in [3.8, 4) is 0 Å². The van der Waals surface area contributed by atoms with Crippen molar-refractivity contribution in [2.45, 2.75) is 13.8 Å². The summed E-state index contributed by atoms with van der Waals surface area (Å²) in [5, 5.41) is 2.75. The first-order chi connectivity index (χ1) is 4.70. The van der Waals surface area contributed by atoms with Gasteiger partial charge in [-0.15, -0.1) is 0 Å². The monoisotopic (exact) mass is 137 g/mol. The molecule has 0 unspecified atom stereocenters. The Kier molecular flexibility index (Phi) is 1.90. The summed E-state index contributed by atoms with van der Waals surface area (Å²) in [5.74, 6) is 0.0659. The Balaban J connectivity index is 2.76. The van der Waals surface area contributed by atoms with E-state index in [0.717, 1.165) is 5.70 Å². The number of hydrogen-bond donors (Lipinski definition) is 1. The highest BCUT2D eigenvalue weighted by atomic mass is 16.1. The Morgan fingerprint density at radius 1 is 1.60 bits per heavy atom. The van der Waals surface area contributed by atoms with Crippen LogP contribution in [0.4, 0.5) is 0 Å². The number of allylic oxidation sites excluding steroid dienone is 3. The first-order valence-electron chi connectivity index (χ1n) is 3.36. The van der Waals surface area contributed by atoms with Crippen molar-refractivity contribution in [3.63, 3.8) is 0 Å². The van der Waals surface area contributed by atoms with Crippen LogP contribution in [0.2, 0.25) is 0 Å². The predicted molar refractivity (Wildman–Crippen MR) is 40.2 cm³/mol. The van der Waals surface area contributed by atoms with Gasteiger partial charge in [0, 0.05) is 5.70 Å². The Bertz CT molecular complexity index is 203. The first-order valence-corrected chi connectivity index (χ1v) is 3.36. The van der Waals surface area contributed by atoms with E-state index in [1.807, 2.05) is 32.1 Å². The van der Waals surface area contributed by atoms with E-state index in [2.05, 4.69) is 5.32 Å². The van der Waals surface area contributed by atoms with Crippen LogP contribution in [0, 0.1) is 5.92 Å². The van der Waals surface area contributed by atoms with Crippen LogP contribution in [-0.2, 0) is 4.79 Å². The van der Waals surface area contributed by atoms with Gasteiger partial charge in [0.05, 0.1) is 5.92 Å². The minimum Gasteiger partial charge on any atom is -0.330 e. The molecular weight excluding hydrogens is 126 g/mol. The van der Waals surface area contributed by atoms with Gasteiger partial charge in [-0.1, -0.05) is 19.1 Å². The fourth-order valence-corrected chi connectivity index (χ4v) is 0.804. The molecule has 0 aliphatic carbocycles. The SMILES string of the molecule is CC1=CC=C[C@H](C)C(=O)N1. The van der Waals surface area contributed by atoms with Gasteiger partial charge in [0.25, 0.3) is 0 Å². The first kappa shape index (κ1) is 7.06. The maximum absolute atomic E-state index is 11.0. The van der Waals surface area contributed by atoms with Gasteiger partial charge in [-0.05, 0) is 13.0 Å². The van der Waals surface area contributed by atoms with Crippen molar-refractivity contribution in [2.24, 2.45) is 5.92 Å². The molecule has 1 rings (SSSR count). The molecule has 1 N–H and O–H groups in total. The highest BCUT2D eigenvalue weighted by Gasteiger charge is 2.10. The van der Waals surface area contributed by atoms with Crippen LogP contribution in [0.25, 0.3) is 0 Å². The number of nitrogens with one attached hydrogen (secondary N) is 1. The van der Waals surface area contributed by atoms with Crippen LogP contribution in [0.3, 0.4) is 0 Å². The van der Waals surface area contributed by atoms with Crippen molar-refractivity contribution < 1.29 is 4.79 Å². The van der Waals surface area contributed by atoms with Crippen molar-refractivity contribution in [2.75, 3.05) is 0 Å². The zero-order valence-corrected chi connectivity index (χ0v) is 6.22. The molecule has 0 aromatic carbocycles. The average Bonchev–Trinajstić information content (AvgIpc) is 1.96. The van der Waals surface area contributed by atoms with E-state index < -0.39 is 0 Å². The maximum atomic E-state index is 11.0. The van der Waals surface area contributed by atoms with Gasteiger partial charge in [0.15, 0.2) is 0 Å². The number of hydrogen-bond acceptors (Lipinski definition) is 1. The fourth-order valence-electron chi connectivity index (χ4n) is 0.804. The number of carbonyl (C=O) groups excluding carboxylic acids is 1. The molecule has 1 atom stereocenters. The standard InChI is InChI=1S/C8H11NO/c1-6-4-3-5-7(2)9-8(6)10/h3-6H,1-2H3,(H,9,10)/t6-/m0/s1. The molecule has 2 heteroatoms. The molecule has 0 aromatic rings. The van der Waals surface area contributed by atoms with Gasteiger partial charge in [-0.3, -0.25) is 4.79 Å². The van der Waals surface area contributed by atoms with E-state index in [1.54, 1.807) is 0 Å². The predicted octanol–water partition coefficient (Wildman–Crippen LogP) is 1.21. The molecule has 54 valence electrons. The Hall–Kier alpha value is -1.05. The maximum Gasteiger partial charge on any atom is 0.230 e. The normalized spacial score (nSPS) is 25.2. The largest absolute Gasteiger partial charge is 0.330 e. The van der Waals surface area contributed by atoms with Crippen LogP contribution in [-0.4, -0.2) is 5.91 Å². The van der Waals surface area contributed by atoms with Crippen LogP contribution < -0.4 is 5.32 Å². The molecule has 0 saturated carbocycles. The molecule has 10 heavy (non-hydrogen) atoms. The van der Waals surface area contributed by atoms with Crippen LogP contribution in [0.15, 0.2) is 23.9 Å². The quantitative estimate of drug-likeness (QED) is 0.534. The van der Waals surface area contributed by atoms with Gasteiger partial charge in [0.1, 0.15) is 0 Å². The fraction of sp³-hybridized carbons (Fsp3) is 0.375. The minimum absolute atomic E-state index is 0.00583. The summed E-state index contributed by atoms with van der Waals surface area (Å²) in [6, 6.07) is 0. The van der Waals surface area contributed by atoms with Gasteiger partial charge in [0.2, 0.25) is 5.91 Å². The van der Waals surface area contributed by atoms with E-state index in [9.17, 15) is 4.79 Å². The summed E-state index contributed by atoms with van der Waals surface area (Å²) in [4.78, 5) is 11.0. The lowest BCUT2D eigenvalue weighted by atomic mass is 10.1. The smallest absolute Gasteiger partial charge is 0.230 e. The van der Waals surface area contributed by atoms with Crippen LogP contribution in [0.5, 0.6) is 0 Å². The topological polar surface area (TPSA) is 29.1 Å². The highest BCUT2D eigenvalue weighted by Crippen LogP contribution is 2.03. The molecule has 1 heterocycles. The molecule has 0 bridgehead atoms. The summed E-state index contributed by atoms with van der Waals surface area (Å²) < 4.78 is 0. The second-order valence-electron chi connectivity index (χ2n) is 2.51. The summed E-state index contributed by atoms with van der Waals surface area (Å²) in [6.07, 6.45) is 5.67. The zero-order valence-electron chi connectivity index (χ0n) is 6.22. The van der Waals surface area contributed by atoms with Crippen LogP contribution >= 0.6 is 0 Å². The minimum atomic E-state index is -0.00583. The second kappa shape index (κ2) is 2.69. The van der Waals surface area contributed by atoms with E-state index in [0.29, 0.717) is 0 Å². The molecule has 0 spiro atoms. The van der Waals surface area contributed by atoms with Crippen molar-refractivity contribution in [3.05, 3.63) is 23.9 Å². The third-order valence-electron chi connectivity index (χ3n) is 1.48. The summed E-state index contributed by atoms with van der Waals surface area (Å²) in [7, 11) is 0. The van der Waals surface area contributed by atoms with Crippen molar-refractivity contribution in [1.82, 2.24) is 5.32 Å². The van der Waals surface area contributed by atoms with Gasteiger partial charge in [-0.25, -0.2) is 0 Å². The molecule has 0 fully saturated rings. The van der Waals surface area contributed by atoms with Gasteiger partial charge in [-0.2, -0.15) is 0 Å². The molecule has 1 aliphatic rings. The van der Waals surface area contributed by atoms with E-state index >= 15 is 0 Å². The summed E-state index contributed by atoms with van der Waals surface area (Å²) >= 11 is 0. The lowest BCUT2D eigenvalue weighted by Gasteiger charge is -2.04. The average molecular weight is 137 g/mol. The van der Waals surface area contributed by atoms with E-state index in [4.69, 9.17) is 0 Å². The summed E-state index contributed by atoms with van der Waals surface area (Å²) in [5.41, 5.74) is 0.908. The molecular formula is C8H11NO. The number of amides is 1. The van der Waals surface area contributed by atoms with E-state index in [1.165, 1.54) is 0 Å². The lowest BCUT2D eigenvalue weighted by Crippen LogP contribution is -2.25. The molecule has 0 aromatic heterocycles. The Morgan fingerprint density at radius 2 is 2.30 bits per heavy atom. The van der Waals surface area contributed by atoms with Crippen LogP contribution in [0.1, 0.15) is 13.8 Å². The third-order valence-corrected chi connectivity index (χ3v) is 1.48. The molecule has 0 saturated heterocycles. The molecule has 1 amide bonds. The molecule has 2 nitrogen and oxygen atoms in total. The number of rotatable bonds is 0. The Labute approximate surface area is 60.6 Å². The molecule has 0 radical (unpaired) electrons. The summed E-state index contributed by atoms with van der Waals surface area (Å²) in [6.45, 7) is 3.75. The lowest BCUT2D eigenvalue weighted by molar-refractivity contribution is -0.122. The van der Waals surface area contributed by atoms with Gasteiger partial charge < -0.3 is 5.32 Å². The van der Waals surface area contributed by atoms with E-state index in [-0.39, 0.29) is 11.8 Å². The Morgan fingerprint density at radius 3 is 3.00 bits per heavy atom. The third kappa shape index (κ3) is 1.47. The second-order valence-corrected chi connectivity index (χ2v) is 2.51. The van der Waals surface area contributed by atoms with Crippen molar-refractivity contribution in [1.29, 1.82) is 0 Å². The zero-order chi connectivity index (χ0) is 7.56. The highest BCUT2D eigenvalue weighted by molar-refractivity contribution is 5.82. The molecule has 1 aliphatic heterocycles. The number of carbonyl (C=O) groups is 1. The van der Waals surface area contributed by atoms with Crippen molar-refractivity contribution >= 4 is 5.91 Å².